The minimum atomic E-state index is -0.340. The molecule has 0 N–H and O–H groups in total. The maximum Gasteiger partial charge on any atom is 0.226 e. The average molecular weight is 206 g/mol. The minimum Gasteiger partial charge on any atom is -0.281 e. The topological polar surface area (TPSA) is 30.0 Å². The molecule has 2 nitrogen and oxygen atoms in total. The molecule has 0 amide bonds. The van der Waals surface area contributed by atoms with E-state index >= 15 is 0 Å². The first-order valence-electron chi connectivity index (χ1n) is 4.28. The molecule has 0 atom stereocenters. The Kier molecular flexibility index (Phi) is 2.46. The highest BCUT2D eigenvalue weighted by Crippen LogP contribution is 2.14. The molecule has 70 valence electrons. The van der Waals surface area contributed by atoms with Gasteiger partial charge in [0.05, 0.1) is 5.52 Å². The molecule has 0 bridgehead atoms. The van der Waals surface area contributed by atoms with E-state index in [0.29, 0.717) is 0 Å². The first-order chi connectivity index (χ1) is 6.75. The van der Waals surface area contributed by atoms with Crippen molar-refractivity contribution in [2.45, 2.75) is 6.42 Å². The summed E-state index contributed by atoms with van der Waals surface area (Å²) in [6, 6.07) is 9.53. The molecule has 0 radical (unpaired) electrons. The van der Waals surface area contributed by atoms with E-state index in [4.69, 9.17) is 11.6 Å². The van der Waals surface area contributed by atoms with E-state index in [9.17, 15) is 4.79 Å². The fraction of sp³-hybridized carbons (Fsp3) is 0.0909. The predicted octanol–water partition coefficient (Wildman–Crippen LogP) is 2.54. The summed E-state index contributed by atoms with van der Waals surface area (Å²) in [6.45, 7) is 0. The van der Waals surface area contributed by atoms with Gasteiger partial charge in [0, 0.05) is 18.0 Å². The van der Waals surface area contributed by atoms with Crippen LogP contribution in [0.3, 0.4) is 0 Å². The first kappa shape index (κ1) is 9.16. The van der Waals surface area contributed by atoms with Gasteiger partial charge in [0.2, 0.25) is 5.24 Å². The number of rotatable bonds is 2. The fourth-order valence-corrected chi connectivity index (χ4v) is 1.55. The van der Waals surface area contributed by atoms with E-state index in [1.54, 1.807) is 6.20 Å². The Morgan fingerprint density at radius 1 is 1.36 bits per heavy atom. The third kappa shape index (κ3) is 1.91. The van der Waals surface area contributed by atoms with E-state index in [1.165, 1.54) is 0 Å². The lowest BCUT2D eigenvalue weighted by atomic mass is 10.1. The van der Waals surface area contributed by atoms with Crippen molar-refractivity contribution in [3.05, 3.63) is 42.1 Å². The van der Waals surface area contributed by atoms with Crippen LogP contribution in [-0.4, -0.2) is 10.2 Å². The Hall–Kier alpha value is -1.41. The van der Waals surface area contributed by atoms with Crippen molar-refractivity contribution in [3.63, 3.8) is 0 Å². The van der Waals surface area contributed by atoms with Crippen molar-refractivity contribution in [1.82, 2.24) is 4.98 Å². The van der Waals surface area contributed by atoms with Crippen LogP contribution in [0.15, 0.2) is 36.5 Å². The number of fused-ring (bicyclic) bond motifs is 1. The normalized spacial score (nSPS) is 10.4. The van der Waals surface area contributed by atoms with Crippen LogP contribution in [0.5, 0.6) is 0 Å². The molecule has 0 unspecified atom stereocenters. The Morgan fingerprint density at radius 3 is 3.00 bits per heavy atom. The van der Waals surface area contributed by atoms with E-state index < -0.39 is 0 Å². The SMILES string of the molecule is O=C(Cl)Cc1ccc2ncccc2c1. The van der Waals surface area contributed by atoms with Crippen LogP contribution < -0.4 is 0 Å². The quantitative estimate of drug-likeness (QED) is 0.706. The number of carbonyl (C=O) groups excluding carboxylic acids is 1. The number of aromatic nitrogens is 1. The van der Waals surface area contributed by atoms with Gasteiger partial charge in [0.25, 0.3) is 0 Å². The van der Waals surface area contributed by atoms with Crippen molar-refractivity contribution >= 4 is 27.7 Å². The summed E-state index contributed by atoms with van der Waals surface area (Å²) in [6.07, 6.45) is 2.01. The number of halogens is 1. The van der Waals surface area contributed by atoms with Crippen LogP contribution in [0.4, 0.5) is 0 Å². The van der Waals surface area contributed by atoms with Crippen LogP contribution in [0.2, 0.25) is 0 Å². The van der Waals surface area contributed by atoms with E-state index in [-0.39, 0.29) is 11.7 Å². The van der Waals surface area contributed by atoms with Crippen LogP contribution in [0.25, 0.3) is 10.9 Å². The highest BCUT2D eigenvalue weighted by Gasteiger charge is 2.00. The number of carbonyl (C=O) groups is 1. The lowest BCUT2D eigenvalue weighted by molar-refractivity contribution is -0.111. The van der Waals surface area contributed by atoms with E-state index in [2.05, 4.69) is 4.98 Å². The van der Waals surface area contributed by atoms with Crippen LogP contribution in [0, 0.1) is 0 Å². The summed E-state index contributed by atoms with van der Waals surface area (Å²) in [5.41, 5.74) is 1.85. The molecular formula is C11H8ClNO. The summed E-state index contributed by atoms with van der Waals surface area (Å²) in [5, 5.41) is 0.691. The lowest BCUT2D eigenvalue weighted by Gasteiger charge is -1.99. The zero-order valence-corrected chi connectivity index (χ0v) is 8.16. The van der Waals surface area contributed by atoms with Crippen LogP contribution >= 0.6 is 11.6 Å². The Labute approximate surface area is 86.5 Å². The predicted molar refractivity (Wildman–Crippen MR) is 56.3 cm³/mol. The maximum absolute atomic E-state index is 10.7. The maximum atomic E-state index is 10.7. The highest BCUT2D eigenvalue weighted by atomic mass is 35.5. The molecular weight excluding hydrogens is 198 g/mol. The third-order valence-corrected chi connectivity index (χ3v) is 2.14. The van der Waals surface area contributed by atoms with Crippen molar-refractivity contribution in [2.24, 2.45) is 0 Å². The van der Waals surface area contributed by atoms with Gasteiger partial charge in [-0.2, -0.15) is 0 Å². The Morgan fingerprint density at radius 2 is 2.21 bits per heavy atom. The minimum absolute atomic E-state index is 0.270. The van der Waals surface area contributed by atoms with Crippen molar-refractivity contribution in [2.75, 3.05) is 0 Å². The second kappa shape index (κ2) is 3.76. The monoisotopic (exact) mass is 205 g/mol. The lowest BCUT2D eigenvalue weighted by Crippen LogP contribution is -1.93. The molecule has 3 heteroatoms. The largest absolute Gasteiger partial charge is 0.281 e. The molecule has 2 rings (SSSR count). The van der Waals surface area contributed by atoms with Gasteiger partial charge in [0.15, 0.2) is 0 Å². The van der Waals surface area contributed by atoms with Gasteiger partial charge in [-0.15, -0.1) is 0 Å². The molecule has 1 aromatic heterocycles. The Bertz CT molecular complexity index is 481. The summed E-state index contributed by atoms with van der Waals surface area (Å²) in [7, 11) is 0. The molecule has 0 saturated heterocycles. The summed E-state index contributed by atoms with van der Waals surface area (Å²) < 4.78 is 0. The standard InChI is InChI=1S/C11H8ClNO/c12-11(14)7-8-3-4-10-9(6-8)2-1-5-13-10/h1-6H,7H2. The summed E-state index contributed by atoms with van der Waals surface area (Å²) >= 11 is 5.31. The average Bonchev–Trinajstić information content (AvgIpc) is 2.17. The van der Waals surface area contributed by atoms with Gasteiger partial charge < -0.3 is 0 Å². The zero-order chi connectivity index (χ0) is 9.97. The van der Waals surface area contributed by atoms with Crippen molar-refractivity contribution in [3.8, 4) is 0 Å². The molecule has 0 saturated carbocycles. The third-order valence-electron chi connectivity index (χ3n) is 2.01. The second-order valence-corrected chi connectivity index (χ2v) is 3.48. The van der Waals surface area contributed by atoms with E-state index in [1.807, 2.05) is 30.3 Å². The van der Waals surface area contributed by atoms with Gasteiger partial charge >= 0.3 is 0 Å². The van der Waals surface area contributed by atoms with Gasteiger partial charge in [-0.3, -0.25) is 9.78 Å². The van der Waals surface area contributed by atoms with Crippen LogP contribution in [-0.2, 0) is 11.2 Å². The highest BCUT2D eigenvalue weighted by molar-refractivity contribution is 6.63. The smallest absolute Gasteiger partial charge is 0.226 e. The zero-order valence-electron chi connectivity index (χ0n) is 7.40. The molecule has 0 spiro atoms. The number of hydrogen-bond acceptors (Lipinski definition) is 2. The number of benzene rings is 1. The molecule has 0 aliphatic rings. The summed E-state index contributed by atoms with van der Waals surface area (Å²) in [5.74, 6) is 0. The molecule has 2 aromatic rings. The molecule has 0 aliphatic carbocycles. The number of hydrogen-bond donors (Lipinski definition) is 0. The van der Waals surface area contributed by atoms with Gasteiger partial charge in [-0.05, 0) is 35.4 Å². The second-order valence-electron chi connectivity index (χ2n) is 3.06. The van der Waals surface area contributed by atoms with Crippen LogP contribution in [0.1, 0.15) is 5.56 Å². The molecule has 0 fully saturated rings. The first-order valence-corrected chi connectivity index (χ1v) is 4.65. The molecule has 1 heterocycles. The summed E-state index contributed by atoms with van der Waals surface area (Å²) in [4.78, 5) is 14.9. The van der Waals surface area contributed by atoms with Gasteiger partial charge in [-0.25, -0.2) is 0 Å². The van der Waals surface area contributed by atoms with Gasteiger partial charge in [-0.1, -0.05) is 12.1 Å². The van der Waals surface area contributed by atoms with E-state index in [0.717, 1.165) is 16.5 Å². The molecule has 1 aromatic carbocycles. The Balaban J connectivity index is 2.46. The number of pyridine rings is 1. The molecule has 0 aliphatic heterocycles. The molecule has 14 heavy (non-hydrogen) atoms. The van der Waals surface area contributed by atoms with Gasteiger partial charge in [0.1, 0.15) is 0 Å². The number of nitrogens with zero attached hydrogens (tertiary/aromatic N) is 1. The van der Waals surface area contributed by atoms with Crippen molar-refractivity contribution < 1.29 is 4.79 Å². The fourth-order valence-electron chi connectivity index (χ4n) is 1.40. The van der Waals surface area contributed by atoms with Crippen molar-refractivity contribution in [1.29, 1.82) is 0 Å².